The van der Waals surface area contributed by atoms with Gasteiger partial charge in [-0.2, -0.15) is 0 Å². The van der Waals surface area contributed by atoms with Crippen molar-refractivity contribution in [3.8, 4) is 0 Å². The average molecular weight is 397 g/mol. The van der Waals surface area contributed by atoms with Crippen LogP contribution in [0.15, 0.2) is 60.7 Å². The smallest absolute Gasteiger partial charge is 0.338 e. The zero-order valence-electron chi connectivity index (χ0n) is 15.0. The number of nitrogens with one attached hydrogen (secondary N) is 2. The second-order valence-electron chi connectivity index (χ2n) is 5.69. The molecule has 8 heteroatoms. The number of hydrogen-bond donors (Lipinski definition) is 2. The van der Waals surface area contributed by atoms with E-state index >= 15 is 0 Å². The van der Waals surface area contributed by atoms with E-state index < -0.39 is 0 Å². The molecule has 0 radical (unpaired) electrons. The van der Waals surface area contributed by atoms with Crippen LogP contribution in [0.5, 0.6) is 0 Å². The Morgan fingerprint density at radius 2 is 1.79 bits per heavy atom. The minimum atomic E-state index is -0.389. The molecule has 0 aliphatic rings. The Labute approximate surface area is 166 Å². The van der Waals surface area contributed by atoms with E-state index in [1.807, 2.05) is 0 Å². The Morgan fingerprint density at radius 3 is 2.43 bits per heavy atom. The number of rotatable bonds is 6. The molecule has 3 rings (SSSR count). The van der Waals surface area contributed by atoms with Gasteiger partial charge in [-0.05, 0) is 61.5 Å². The molecule has 0 atom stereocenters. The first-order chi connectivity index (χ1) is 13.5. The average Bonchev–Trinajstić information content (AvgIpc) is 2.69. The number of ether oxygens (including phenoxy) is 1. The number of halogens is 1. The number of nitrogens with zero attached hydrogens (tertiary/aromatic N) is 2. The predicted molar refractivity (Wildman–Crippen MR) is 107 cm³/mol. The van der Waals surface area contributed by atoms with E-state index in [0.717, 1.165) is 5.69 Å². The normalized spacial score (nSPS) is 10.2. The summed E-state index contributed by atoms with van der Waals surface area (Å²) >= 11 is 5.90. The highest BCUT2D eigenvalue weighted by Gasteiger charge is 2.10. The molecule has 0 spiro atoms. The molecule has 1 heterocycles. The number of esters is 1. The molecule has 2 aromatic carbocycles. The molecule has 1 amide bonds. The van der Waals surface area contributed by atoms with Gasteiger partial charge in [0.15, 0.2) is 11.5 Å². The molecular weight excluding hydrogens is 380 g/mol. The van der Waals surface area contributed by atoms with Gasteiger partial charge >= 0.3 is 5.97 Å². The van der Waals surface area contributed by atoms with Crippen LogP contribution in [0.25, 0.3) is 0 Å². The molecule has 0 bridgehead atoms. The maximum atomic E-state index is 12.2. The summed E-state index contributed by atoms with van der Waals surface area (Å²) in [6, 6.07) is 16.8. The standard InChI is InChI=1S/C20H17ClN4O3/c1-2-28-20(27)13-6-8-15(9-7-13)22-18-11-10-17(24-25-18)19(26)23-16-5-3-4-14(21)12-16/h3-12H,2H2,1H3,(H,22,25)(H,23,26). The van der Waals surface area contributed by atoms with E-state index in [2.05, 4.69) is 20.8 Å². The van der Waals surface area contributed by atoms with Gasteiger partial charge in [-0.1, -0.05) is 17.7 Å². The number of hydrogen-bond acceptors (Lipinski definition) is 6. The molecule has 2 N–H and O–H groups in total. The fourth-order valence-electron chi connectivity index (χ4n) is 2.33. The number of amides is 1. The lowest BCUT2D eigenvalue weighted by atomic mass is 10.2. The summed E-state index contributed by atoms with van der Waals surface area (Å²) in [5, 5.41) is 14.2. The van der Waals surface area contributed by atoms with Crippen LogP contribution in [0.1, 0.15) is 27.8 Å². The summed E-state index contributed by atoms with van der Waals surface area (Å²) < 4.78 is 4.94. The zero-order valence-corrected chi connectivity index (χ0v) is 15.7. The maximum absolute atomic E-state index is 12.2. The lowest BCUT2D eigenvalue weighted by Crippen LogP contribution is -2.14. The fraction of sp³-hybridized carbons (Fsp3) is 0.100. The second-order valence-corrected chi connectivity index (χ2v) is 6.13. The Balaban J connectivity index is 1.62. The third-order valence-electron chi connectivity index (χ3n) is 3.65. The highest BCUT2D eigenvalue weighted by molar-refractivity contribution is 6.30. The number of carbonyl (C=O) groups is 2. The highest BCUT2D eigenvalue weighted by Crippen LogP contribution is 2.17. The molecule has 0 aliphatic heterocycles. The van der Waals surface area contributed by atoms with Gasteiger partial charge in [-0.3, -0.25) is 4.79 Å². The van der Waals surface area contributed by atoms with Gasteiger partial charge in [0.05, 0.1) is 12.2 Å². The van der Waals surface area contributed by atoms with Crippen LogP contribution < -0.4 is 10.6 Å². The molecule has 28 heavy (non-hydrogen) atoms. The molecule has 0 unspecified atom stereocenters. The summed E-state index contributed by atoms with van der Waals surface area (Å²) in [5.74, 6) is -0.299. The lowest BCUT2D eigenvalue weighted by Gasteiger charge is -2.07. The van der Waals surface area contributed by atoms with Crippen molar-refractivity contribution >= 4 is 40.7 Å². The van der Waals surface area contributed by atoms with Crippen molar-refractivity contribution < 1.29 is 14.3 Å². The molecule has 1 aromatic heterocycles. The molecule has 0 aliphatic carbocycles. The number of carbonyl (C=O) groups excluding carboxylic acids is 2. The van der Waals surface area contributed by atoms with Crippen molar-refractivity contribution in [3.05, 3.63) is 76.9 Å². The maximum Gasteiger partial charge on any atom is 0.338 e. The van der Waals surface area contributed by atoms with E-state index in [-0.39, 0.29) is 17.6 Å². The zero-order chi connectivity index (χ0) is 19.9. The van der Waals surface area contributed by atoms with E-state index in [0.29, 0.717) is 28.7 Å². The first-order valence-electron chi connectivity index (χ1n) is 8.50. The van der Waals surface area contributed by atoms with Crippen molar-refractivity contribution in [3.63, 3.8) is 0 Å². The summed E-state index contributed by atoms with van der Waals surface area (Å²) in [7, 11) is 0. The molecular formula is C20H17ClN4O3. The first kappa shape index (κ1) is 19.3. The topological polar surface area (TPSA) is 93.2 Å². The third-order valence-corrected chi connectivity index (χ3v) is 3.88. The molecule has 0 saturated heterocycles. The van der Waals surface area contributed by atoms with Crippen LogP contribution in [0.2, 0.25) is 5.02 Å². The highest BCUT2D eigenvalue weighted by atomic mass is 35.5. The summed E-state index contributed by atoms with van der Waals surface area (Å²) in [6.45, 7) is 2.08. The van der Waals surface area contributed by atoms with Crippen LogP contribution >= 0.6 is 11.6 Å². The molecule has 142 valence electrons. The monoisotopic (exact) mass is 396 g/mol. The van der Waals surface area contributed by atoms with Gasteiger partial charge < -0.3 is 15.4 Å². The Kier molecular flexibility index (Phi) is 6.18. The van der Waals surface area contributed by atoms with Gasteiger partial charge in [0.25, 0.3) is 5.91 Å². The van der Waals surface area contributed by atoms with Crippen molar-refractivity contribution in [1.29, 1.82) is 0 Å². The minimum Gasteiger partial charge on any atom is -0.462 e. The van der Waals surface area contributed by atoms with Crippen LogP contribution in [0.3, 0.4) is 0 Å². The SMILES string of the molecule is CCOC(=O)c1ccc(Nc2ccc(C(=O)Nc3cccc(Cl)c3)nn2)cc1. The van der Waals surface area contributed by atoms with Gasteiger partial charge in [-0.25, -0.2) is 4.79 Å². The molecule has 7 nitrogen and oxygen atoms in total. The van der Waals surface area contributed by atoms with Gasteiger partial charge in [0, 0.05) is 16.4 Å². The molecule has 0 saturated carbocycles. The summed E-state index contributed by atoms with van der Waals surface area (Å²) in [6.07, 6.45) is 0. The van der Waals surface area contributed by atoms with Crippen LogP contribution in [0.4, 0.5) is 17.2 Å². The van der Waals surface area contributed by atoms with Crippen molar-refractivity contribution in [1.82, 2.24) is 10.2 Å². The second kappa shape index (κ2) is 8.96. The van der Waals surface area contributed by atoms with Gasteiger partial charge in [-0.15, -0.1) is 10.2 Å². The lowest BCUT2D eigenvalue weighted by molar-refractivity contribution is 0.0526. The Hall–Kier alpha value is -3.45. The minimum absolute atomic E-state index is 0.170. The van der Waals surface area contributed by atoms with Crippen LogP contribution in [-0.2, 0) is 4.74 Å². The summed E-state index contributed by atoms with van der Waals surface area (Å²) in [4.78, 5) is 23.9. The molecule has 0 fully saturated rings. The Morgan fingerprint density at radius 1 is 1.00 bits per heavy atom. The Bertz CT molecular complexity index is 976. The van der Waals surface area contributed by atoms with Crippen LogP contribution in [-0.4, -0.2) is 28.7 Å². The van der Waals surface area contributed by atoms with Crippen molar-refractivity contribution in [2.75, 3.05) is 17.2 Å². The third kappa shape index (κ3) is 5.05. The summed E-state index contributed by atoms with van der Waals surface area (Å²) in [5.41, 5.74) is 1.93. The van der Waals surface area contributed by atoms with E-state index in [4.69, 9.17) is 16.3 Å². The number of benzene rings is 2. The van der Waals surface area contributed by atoms with E-state index in [1.54, 1.807) is 67.6 Å². The largest absolute Gasteiger partial charge is 0.462 e. The first-order valence-corrected chi connectivity index (χ1v) is 8.88. The van der Waals surface area contributed by atoms with E-state index in [9.17, 15) is 9.59 Å². The van der Waals surface area contributed by atoms with E-state index in [1.165, 1.54) is 0 Å². The van der Waals surface area contributed by atoms with Gasteiger partial charge in [0.1, 0.15) is 0 Å². The van der Waals surface area contributed by atoms with Crippen molar-refractivity contribution in [2.45, 2.75) is 6.92 Å². The number of aromatic nitrogens is 2. The van der Waals surface area contributed by atoms with Crippen LogP contribution in [0, 0.1) is 0 Å². The fourth-order valence-corrected chi connectivity index (χ4v) is 2.52. The number of anilines is 3. The quantitative estimate of drug-likeness (QED) is 0.603. The molecule has 3 aromatic rings. The van der Waals surface area contributed by atoms with Gasteiger partial charge in [0.2, 0.25) is 0 Å². The predicted octanol–water partition coefficient (Wildman–Crippen LogP) is 4.30. The van der Waals surface area contributed by atoms with Crippen molar-refractivity contribution in [2.24, 2.45) is 0 Å².